The van der Waals surface area contributed by atoms with Gasteiger partial charge in [-0.1, -0.05) is 12.8 Å². The van der Waals surface area contributed by atoms with E-state index in [4.69, 9.17) is 85.3 Å². The summed E-state index contributed by atoms with van der Waals surface area (Å²) in [5.74, 6) is -2.90. The molecule has 4 saturated carbocycles. The highest BCUT2D eigenvalue weighted by Crippen LogP contribution is 2.38. The van der Waals surface area contributed by atoms with Gasteiger partial charge in [0.15, 0.2) is 0 Å². The van der Waals surface area contributed by atoms with Gasteiger partial charge in [-0.15, -0.1) is 0 Å². The molecule has 28 heteroatoms. The summed E-state index contributed by atoms with van der Waals surface area (Å²) in [5, 5.41) is 6.58. The number of ether oxygens (including phenoxy) is 18. The van der Waals surface area contributed by atoms with E-state index in [2.05, 4.69) is 10.6 Å². The highest BCUT2D eigenvalue weighted by Gasteiger charge is 2.44. The number of amides is 4. The summed E-state index contributed by atoms with van der Waals surface area (Å²) in [5.41, 5.74) is 0.312. The standard InChI is InChI=1S/C72H112N4O24/c1-75-59-11-7-9-51(39-59)67(77)74-58-38-54(42-66(48-58)100-72(82)56-45-63(97-35-31-93-27-23-89-19-15-85-5)50-64(46-56)98-36-32-94-28-24-90-20-16-86-6)70(80)76(2)60-12-8-10-52(40-60)68(78)73-57-37-53(69(75)79)41-65(47-57)99-71(81)55-43-61(95-33-29-91-25-21-87-17-13-83-3)49-62(44-55)96-34-30-92-26-22-88-18-14-84-4/h43-46,49-54,57-60,65-66H,7-42,47-48H2,1-6H3,(H,73,78)(H,74,77)/t51-,52-,53-,54-,57+,58+,59+,60+,65-,66-/m1/s1. The summed E-state index contributed by atoms with van der Waals surface area (Å²) < 4.78 is 102. The molecule has 1 aliphatic heterocycles. The van der Waals surface area contributed by atoms with E-state index in [0.717, 1.165) is 0 Å². The van der Waals surface area contributed by atoms with E-state index in [1.54, 1.807) is 88.7 Å². The lowest BCUT2D eigenvalue weighted by Gasteiger charge is -2.42. The first-order chi connectivity index (χ1) is 48.7. The largest absolute Gasteiger partial charge is 0.491 e. The van der Waals surface area contributed by atoms with Gasteiger partial charge in [-0.2, -0.15) is 0 Å². The molecule has 0 unspecified atom stereocenters. The Hall–Kier alpha value is -6.02. The van der Waals surface area contributed by atoms with Gasteiger partial charge in [-0.05, 0) is 88.5 Å². The average molecular weight is 1420 g/mol. The molecule has 100 heavy (non-hydrogen) atoms. The normalized spacial score (nSPS) is 23.7. The van der Waals surface area contributed by atoms with Gasteiger partial charge >= 0.3 is 11.9 Å². The summed E-state index contributed by atoms with van der Waals surface area (Å²) in [6, 6.07) is 7.95. The van der Waals surface area contributed by atoms with Gasteiger partial charge in [0.2, 0.25) is 23.6 Å². The highest BCUT2D eigenvalue weighted by molar-refractivity contribution is 5.91. The van der Waals surface area contributed by atoms with E-state index in [-0.39, 0.29) is 125 Å². The van der Waals surface area contributed by atoms with Crippen molar-refractivity contribution in [2.45, 2.75) is 126 Å². The number of benzene rings is 2. The average Bonchev–Trinajstić information content (AvgIpc) is 0.812. The third kappa shape index (κ3) is 29.0. The van der Waals surface area contributed by atoms with Crippen molar-refractivity contribution in [3.8, 4) is 23.0 Å². The van der Waals surface area contributed by atoms with E-state index < -0.39 is 59.9 Å². The van der Waals surface area contributed by atoms with E-state index in [9.17, 15) is 28.8 Å². The quantitative estimate of drug-likeness (QED) is 0.0629. The van der Waals surface area contributed by atoms with Crippen LogP contribution in [0.1, 0.15) is 111 Å². The Morgan fingerprint density at radius 3 is 0.920 bits per heavy atom. The fourth-order valence-electron chi connectivity index (χ4n) is 13.3. The second kappa shape index (κ2) is 46.6. The van der Waals surface area contributed by atoms with Crippen LogP contribution in [0.2, 0.25) is 0 Å². The molecule has 5 fully saturated rings. The van der Waals surface area contributed by atoms with Crippen molar-refractivity contribution in [2.24, 2.45) is 23.7 Å². The molecular weight excluding hydrogens is 1300 g/mol. The molecule has 4 amide bonds. The molecule has 0 spiro atoms. The second-order valence-corrected chi connectivity index (χ2v) is 25.9. The van der Waals surface area contributed by atoms with Crippen molar-refractivity contribution in [3.05, 3.63) is 47.5 Å². The smallest absolute Gasteiger partial charge is 0.338 e. The van der Waals surface area contributed by atoms with Crippen LogP contribution in [0.15, 0.2) is 36.4 Å². The monoisotopic (exact) mass is 1420 g/mol. The maximum Gasteiger partial charge on any atom is 0.338 e. The Morgan fingerprint density at radius 1 is 0.350 bits per heavy atom. The number of fused-ring (bicyclic) bond motifs is 8. The van der Waals surface area contributed by atoms with Crippen molar-refractivity contribution >= 4 is 35.6 Å². The van der Waals surface area contributed by atoms with Crippen LogP contribution in [-0.4, -0.2) is 283 Å². The third-order valence-corrected chi connectivity index (χ3v) is 18.5. The first-order valence-corrected chi connectivity index (χ1v) is 35.7. The molecule has 7 rings (SSSR count). The summed E-state index contributed by atoms with van der Waals surface area (Å²) in [6.07, 6.45) is 4.58. The van der Waals surface area contributed by atoms with Crippen LogP contribution in [0.3, 0.4) is 0 Å². The van der Waals surface area contributed by atoms with Gasteiger partial charge in [-0.25, -0.2) is 9.59 Å². The van der Waals surface area contributed by atoms with Crippen molar-refractivity contribution in [2.75, 3.05) is 201 Å². The number of hydrogen-bond acceptors (Lipinski definition) is 24. The zero-order valence-electron chi connectivity index (χ0n) is 59.8. The summed E-state index contributed by atoms with van der Waals surface area (Å²) >= 11 is 0. The number of hydrogen-bond donors (Lipinski definition) is 2. The van der Waals surface area contributed by atoms with Gasteiger partial charge < -0.3 is 106 Å². The van der Waals surface area contributed by atoms with Gasteiger partial charge in [0.1, 0.15) is 61.6 Å². The minimum absolute atomic E-state index is 0.156. The summed E-state index contributed by atoms with van der Waals surface area (Å²) in [4.78, 5) is 91.7. The van der Waals surface area contributed by atoms with Gasteiger partial charge in [-0.3, -0.25) is 19.2 Å². The van der Waals surface area contributed by atoms with Crippen molar-refractivity contribution in [3.63, 3.8) is 0 Å². The summed E-state index contributed by atoms with van der Waals surface area (Å²) in [6.45, 7) is 8.33. The molecule has 8 bridgehead atoms. The zero-order valence-corrected chi connectivity index (χ0v) is 59.8. The van der Waals surface area contributed by atoms with Crippen LogP contribution < -0.4 is 29.6 Å². The van der Waals surface area contributed by atoms with Crippen LogP contribution in [0.5, 0.6) is 23.0 Å². The van der Waals surface area contributed by atoms with Gasteiger partial charge in [0.25, 0.3) is 0 Å². The molecule has 4 aliphatic carbocycles. The van der Waals surface area contributed by atoms with Crippen LogP contribution in [-0.2, 0) is 85.5 Å². The lowest BCUT2D eigenvalue weighted by molar-refractivity contribution is -0.143. The first kappa shape index (κ1) is 81.3. The fourth-order valence-corrected chi connectivity index (χ4v) is 13.3. The van der Waals surface area contributed by atoms with E-state index in [0.29, 0.717) is 193 Å². The molecule has 5 aliphatic rings. The minimum Gasteiger partial charge on any atom is -0.491 e. The lowest BCUT2D eigenvalue weighted by atomic mass is 9.79. The first-order valence-electron chi connectivity index (χ1n) is 35.7. The van der Waals surface area contributed by atoms with Crippen LogP contribution >= 0.6 is 0 Å². The number of nitrogens with zero attached hydrogens (tertiary/aromatic N) is 2. The molecule has 28 nitrogen and oxygen atoms in total. The Balaban J connectivity index is 1.04. The Kier molecular flexibility index (Phi) is 37.8. The zero-order chi connectivity index (χ0) is 71.1. The molecule has 1 heterocycles. The molecule has 0 radical (unpaired) electrons. The van der Waals surface area contributed by atoms with Gasteiger partial charge in [0.05, 0.1) is 143 Å². The minimum atomic E-state index is -0.780. The van der Waals surface area contributed by atoms with Crippen molar-refractivity contribution in [1.29, 1.82) is 0 Å². The molecule has 0 aromatic heterocycles. The Labute approximate surface area is 589 Å². The molecule has 2 aromatic rings. The van der Waals surface area contributed by atoms with Crippen molar-refractivity contribution < 1.29 is 114 Å². The van der Waals surface area contributed by atoms with Crippen molar-refractivity contribution in [1.82, 2.24) is 20.4 Å². The molecule has 2 N–H and O–H groups in total. The van der Waals surface area contributed by atoms with E-state index in [1.165, 1.54) is 0 Å². The lowest BCUT2D eigenvalue weighted by Crippen LogP contribution is -2.53. The van der Waals surface area contributed by atoms with E-state index >= 15 is 0 Å². The number of carbonyl (C=O) groups excluding carboxylic acids is 6. The number of methoxy groups -OCH3 is 4. The molecular formula is C72H112N4O24. The molecule has 2 aromatic carbocycles. The van der Waals surface area contributed by atoms with Crippen LogP contribution in [0.4, 0.5) is 0 Å². The predicted octanol–water partition coefficient (Wildman–Crippen LogP) is 5.29. The number of nitrogens with one attached hydrogen (secondary N) is 2. The number of rotatable bonds is 44. The maximum atomic E-state index is 15.0. The maximum absolute atomic E-state index is 15.0. The molecule has 10 atom stereocenters. The Morgan fingerprint density at radius 2 is 0.630 bits per heavy atom. The summed E-state index contributed by atoms with van der Waals surface area (Å²) in [7, 11) is 9.96. The Bertz CT molecular complexity index is 2470. The number of carbonyl (C=O) groups is 6. The second-order valence-electron chi connectivity index (χ2n) is 25.9. The highest BCUT2D eigenvalue weighted by atomic mass is 16.6. The predicted molar refractivity (Wildman–Crippen MR) is 363 cm³/mol. The molecule has 564 valence electrons. The number of esters is 2. The SMILES string of the molecule is COCCOCCOCCOc1cc(OCCOCCOCCOC)cc(C(=O)O[C@H]2C[C@@H]3C[C@H](C2)C(=O)N(C)[C@H]2CCC[C@H](C2)C(=O)N[C@@H]2C[C@H](OC(=O)c4cc(OCCOCCOCCOC)cc(OCCOCCOCCOC)c4)C[C@@H](C2)C(=O)N(C)[C@H]2CCC[C@H](C2)C(=O)N3)c1. The molecule has 1 saturated heterocycles. The fraction of sp³-hybridized carbons (Fsp3) is 0.750. The third-order valence-electron chi connectivity index (χ3n) is 18.5. The van der Waals surface area contributed by atoms with E-state index in [1.807, 2.05) is 0 Å². The topological polar surface area (TPSA) is 299 Å². The van der Waals surface area contributed by atoms with Crippen LogP contribution in [0.25, 0.3) is 0 Å². The van der Waals surface area contributed by atoms with Gasteiger partial charge in [0, 0.05) is 115 Å². The van der Waals surface area contributed by atoms with Crippen LogP contribution in [0, 0.1) is 23.7 Å².